The first-order valence-corrected chi connectivity index (χ1v) is 14.9. The van der Waals surface area contributed by atoms with Gasteiger partial charge >= 0.3 is 0 Å². The highest BCUT2D eigenvalue weighted by Gasteiger charge is 2.27. The lowest BCUT2D eigenvalue weighted by Gasteiger charge is -2.34. The molecule has 0 atom stereocenters. The molecule has 0 aromatic heterocycles. The van der Waals surface area contributed by atoms with Gasteiger partial charge in [-0.2, -0.15) is 0 Å². The average Bonchev–Trinajstić information content (AvgIpc) is 3.10. The number of ether oxygens (including phenoxy) is 1. The van der Waals surface area contributed by atoms with Crippen molar-refractivity contribution >= 4 is 38.7 Å². The molecule has 196 valence electrons. The highest BCUT2D eigenvalue weighted by molar-refractivity contribution is 7.91. The molecule has 0 spiro atoms. The lowest BCUT2D eigenvalue weighted by molar-refractivity contribution is 0.352. The second-order valence-electron chi connectivity index (χ2n) is 9.98. The maximum Gasteiger partial charge on any atom is 0.210 e. The van der Waals surface area contributed by atoms with Crippen LogP contribution in [0.25, 0.3) is 0 Å². The number of benzene rings is 3. The van der Waals surface area contributed by atoms with Crippen LogP contribution in [-0.2, 0) is 22.7 Å². The van der Waals surface area contributed by atoms with Gasteiger partial charge in [0.1, 0.15) is 10.6 Å². The number of nitrogens with zero attached hydrogens (tertiary/aromatic N) is 2. The fraction of sp³-hybridized carbons (Fsp3) is 0.379. The summed E-state index contributed by atoms with van der Waals surface area (Å²) >= 11 is 12.7. The Labute approximate surface area is 229 Å². The Bertz CT molecular complexity index is 1390. The Hall–Kier alpha value is -2.25. The number of sulfone groups is 1. The summed E-state index contributed by atoms with van der Waals surface area (Å²) in [5, 5.41) is 1.24. The van der Waals surface area contributed by atoms with Crippen molar-refractivity contribution in [2.45, 2.75) is 41.4 Å². The van der Waals surface area contributed by atoms with Crippen molar-refractivity contribution in [1.82, 2.24) is 4.90 Å². The normalized spacial score (nSPS) is 17.4. The summed E-state index contributed by atoms with van der Waals surface area (Å²) in [5.74, 6) is 0.775. The molecule has 0 saturated carbocycles. The van der Waals surface area contributed by atoms with E-state index >= 15 is 0 Å². The van der Waals surface area contributed by atoms with Gasteiger partial charge in [-0.1, -0.05) is 35.3 Å². The van der Waals surface area contributed by atoms with E-state index in [-0.39, 0.29) is 9.79 Å². The van der Waals surface area contributed by atoms with Crippen LogP contribution in [0.3, 0.4) is 0 Å². The minimum absolute atomic E-state index is 0.241. The zero-order valence-electron chi connectivity index (χ0n) is 21.2. The number of likely N-dealkylation sites (N-methyl/N-ethyl adjacent to an activating group) is 1. The number of methoxy groups -OCH3 is 1. The van der Waals surface area contributed by atoms with E-state index in [1.807, 2.05) is 36.4 Å². The summed E-state index contributed by atoms with van der Waals surface area (Å²) < 4.78 is 32.9. The third kappa shape index (κ3) is 5.35. The van der Waals surface area contributed by atoms with Crippen molar-refractivity contribution in [1.29, 1.82) is 0 Å². The quantitative estimate of drug-likeness (QED) is 0.370. The largest absolute Gasteiger partial charge is 0.495 e. The summed E-state index contributed by atoms with van der Waals surface area (Å²) in [5.41, 5.74) is 4.38. The van der Waals surface area contributed by atoms with Gasteiger partial charge in [-0.25, -0.2) is 8.42 Å². The van der Waals surface area contributed by atoms with Crippen LogP contribution in [0, 0.1) is 0 Å². The standard InChI is InChI=1S/C29H32Cl2N2O3S/c1-32-14-10-21-18-27(36-2)28(19-22(21)11-15-32)37(34,35)24-8-6-23(7-9-24)33-16-12-20(13-17-33)25-4-3-5-26(30)29(25)31/h3-9,18-20H,10-17H2,1-2H3. The van der Waals surface area contributed by atoms with Gasteiger partial charge in [0.25, 0.3) is 0 Å². The van der Waals surface area contributed by atoms with Crippen molar-refractivity contribution in [2.75, 3.05) is 45.2 Å². The van der Waals surface area contributed by atoms with Crippen LogP contribution in [0.15, 0.2) is 64.4 Å². The van der Waals surface area contributed by atoms with Crippen LogP contribution in [0.2, 0.25) is 10.0 Å². The first-order valence-electron chi connectivity index (χ1n) is 12.7. The van der Waals surface area contributed by atoms with Gasteiger partial charge in [-0.05, 0) is 97.8 Å². The predicted molar refractivity (Wildman–Crippen MR) is 150 cm³/mol. The highest BCUT2D eigenvalue weighted by atomic mass is 35.5. The van der Waals surface area contributed by atoms with E-state index in [1.165, 1.54) is 7.11 Å². The minimum Gasteiger partial charge on any atom is -0.495 e. The van der Waals surface area contributed by atoms with Crippen LogP contribution in [0.4, 0.5) is 5.69 Å². The SMILES string of the molecule is COc1cc2c(cc1S(=O)(=O)c1ccc(N3CCC(c4cccc(Cl)c4Cl)CC3)cc1)CCN(C)CC2. The summed E-state index contributed by atoms with van der Waals surface area (Å²) in [6.07, 6.45) is 3.63. The fourth-order valence-corrected chi connectivity index (χ4v) is 7.38. The van der Waals surface area contributed by atoms with E-state index in [2.05, 4.69) is 22.9 Å². The molecular formula is C29H32Cl2N2O3S. The Morgan fingerprint density at radius 2 is 1.54 bits per heavy atom. The maximum atomic E-state index is 13.7. The van der Waals surface area contributed by atoms with Crippen molar-refractivity contribution in [3.05, 3.63) is 81.3 Å². The highest BCUT2D eigenvalue weighted by Crippen LogP contribution is 2.38. The molecule has 0 N–H and O–H groups in total. The number of piperidine rings is 1. The number of anilines is 1. The summed E-state index contributed by atoms with van der Waals surface area (Å²) in [4.78, 5) is 5.09. The van der Waals surface area contributed by atoms with Crippen molar-refractivity contribution in [3.63, 3.8) is 0 Å². The van der Waals surface area contributed by atoms with E-state index in [0.29, 0.717) is 21.7 Å². The second-order valence-corrected chi connectivity index (χ2v) is 12.7. The lowest BCUT2D eigenvalue weighted by atomic mass is 9.89. The number of halogens is 2. The van der Waals surface area contributed by atoms with Gasteiger partial charge in [0.15, 0.2) is 0 Å². The molecule has 1 saturated heterocycles. The fourth-order valence-electron chi connectivity index (χ4n) is 5.46. The molecule has 2 heterocycles. The van der Waals surface area contributed by atoms with Gasteiger partial charge < -0.3 is 14.5 Å². The summed E-state index contributed by atoms with van der Waals surface area (Å²) in [6.45, 7) is 3.60. The van der Waals surface area contributed by atoms with E-state index in [1.54, 1.807) is 12.1 Å². The van der Waals surface area contributed by atoms with Crippen LogP contribution in [-0.4, -0.2) is 53.7 Å². The number of rotatable bonds is 5. The molecule has 2 aliphatic heterocycles. The first kappa shape index (κ1) is 26.4. The molecule has 8 heteroatoms. The van der Waals surface area contributed by atoms with E-state index < -0.39 is 9.84 Å². The van der Waals surface area contributed by atoms with Gasteiger partial charge in [0, 0.05) is 31.9 Å². The molecule has 0 amide bonds. The van der Waals surface area contributed by atoms with Crippen LogP contribution >= 0.6 is 23.2 Å². The summed E-state index contributed by atoms with van der Waals surface area (Å²) in [7, 11) is -0.0970. The molecule has 0 bridgehead atoms. The molecule has 37 heavy (non-hydrogen) atoms. The monoisotopic (exact) mass is 558 g/mol. The third-order valence-electron chi connectivity index (χ3n) is 7.73. The Morgan fingerprint density at radius 1 is 0.892 bits per heavy atom. The van der Waals surface area contributed by atoms with Crippen LogP contribution in [0.1, 0.15) is 35.4 Å². The van der Waals surface area contributed by atoms with Gasteiger partial charge in [0.2, 0.25) is 9.84 Å². The molecule has 0 unspecified atom stereocenters. The summed E-state index contributed by atoms with van der Waals surface area (Å²) in [6, 6.07) is 16.8. The van der Waals surface area contributed by atoms with Crippen LogP contribution < -0.4 is 9.64 Å². The first-order chi connectivity index (χ1) is 17.8. The van der Waals surface area contributed by atoms with Gasteiger partial charge in [0.05, 0.1) is 22.1 Å². The molecule has 1 fully saturated rings. The topological polar surface area (TPSA) is 49.9 Å². The third-order valence-corrected chi connectivity index (χ3v) is 10.4. The maximum absolute atomic E-state index is 13.7. The smallest absolute Gasteiger partial charge is 0.210 e. The Kier molecular flexibility index (Phi) is 7.73. The molecule has 0 radical (unpaired) electrons. The number of fused-ring (bicyclic) bond motifs is 1. The molecule has 3 aromatic carbocycles. The zero-order chi connectivity index (χ0) is 26.2. The van der Waals surface area contributed by atoms with Crippen LogP contribution in [0.5, 0.6) is 5.75 Å². The van der Waals surface area contributed by atoms with E-state index in [0.717, 1.165) is 74.2 Å². The molecule has 5 rings (SSSR count). The molecule has 5 nitrogen and oxygen atoms in total. The minimum atomic E-state index is -3.73. The lowest BCUT2D eigenvalue weighted by Crippen LogP contribution is -2.32. The Balaban J connectivity index is 1.34. The van der Waals surface area contributed by atoms with Crippen molar-refractivity contribution < 1.29 is 13.2 Å². The zero-order valence-corrected chi connectivity index (χ0v) is 23.5. The molecular weight excluding hydrogens is 527 g/mol. The van der Waals surface area contributed by atoms with Crippen molar-refractivity contribution in [2.24, 2.45) is 0 Å². The molecule has 2 aliphatic rings. The number of hydrogen-bond acceptors (Lipinski definition) is 5. The van der Waals surface area contributed by atoms with Crippen molar-refractivity contribution in [3.8, 4) is 5.75 Å². The molecule has 0 aliphatic carbocycles. The molecule has 3 aromatic rings. The number of hydrogen-bond donors (Lipinski definition) is 0. The average molecular weight is 560 g/mol. The van der Waals surface area contributed by atoms with Gasteiger partial charge in [-0.3, -0.25) is 0 Å². The Morgan fingerprint density at radius 3 is 2.19 bits per heavy atom. The van der Waals surface area contributed by atoms with E-state index in [4.69, 9.17) is 27.9 Å². The predicted octanol–water partition coefficient (Wildman–Crippen LogP) is 6.25. The second kappa shape index (κ2) is 10.9. The van der Waals surface area contributed by atoms with E-state index in [9.17, 15) is 8.42 Å². The van der Waals surface area contributed by atoms with Gasteiger partial charge in [-0.15, -0.1) is 0 Å².